The van der Waals surface area contributed by atoms with Crippen molar-refractivity contribution < 1.29 is 23.9 Å². The molecule has 23 heavy (non-hydrogen) atoms. The molecule has 0 aromatic heterocycles. The molecule has 1 amide bonds. The quantitative estimate of drug-likeness (QED) is 0.534. The van der Waals surface area contributed by atoms with E-state index in [0.717, 1.165) is 8.95 Å². The van der Waals surface area contributed by atoms with Gasteiger partial charge in [0.1, 0.15) is 6.04 Å². The Kier molecular flexibility index (Phi) is 7.97. The van der Waals surface area contributed by atoms with Crippen LogP contribution in [0.15, 0.2) is 39.3 Å². The lowest BCUT2D eigenvalue weighted by atomic mass is 10.1. The topological polar surface area (TPSA) is 81.7 Å². The fraction of sp³-hybridized carbons (Fsp3) is 0.267. The third-order valence-corrected chi connectivity index (χ3v) is 3.66. The Labute approximate surface area is 150 Å². The average Bonchev–Trinajstić information content (AvgIpc) is 2.51. The molecular formula is C15H15Br2NO5. The highest BCUT2D eigenvalue weighted by Gasteiger charge is 2.21. The monoisotopic (exact) mass is 447 g/mol. The van der Waals surface area contributed by atoms with E-state index in [1.54, 1.807) is 18.2 Å². The predicted octanol–water partition coefficient (Wildman–Crippen LogP) is 2.60. The molecule has 0 radical (unpaired) electrons. The van der Waals surface area contributed by atoms with Crippen LogP contribution in [0.25, 0.3) is 0 Å². The minimum atomic E-state index is -0.911. The highest BCUT2D eigenvalue weighted by atomic mass is 79.9. The summed E-state index contributed by atoms with van der Waals surface area (Å²) < 4.78 is 10.6. The van der Waals surface area contributed by atoms with E-state index in [-0.39, 0.29) is 6.42 Å². The van der Waals surface area contributed by atoms with Gasteiger partial charge in [0.05, 0.1) is 14.2 Å². The first-order chi connectivity index (χ1) is 10.9. The average molecular weight is 449 g/mol. The number of esters is 2. The molecule has 8 heteroatoms. The molecule has 0 spiro atoms. The van der Waals surface area contributed by atoms with E-state index >= 15 is 0 Å². The molecule has 0 aliphatic rings. The Bertz CT molecular complexity index is 610. The summed E-state index contributed by atoms with van der Waals surface area (Å²) >= 11 is 6.58. The number of ether oxygens (including phenoxy) is 2. The summed E-state index contributed by atoms with van der Waals surface area (Å²) in [4.78, 5) is 35.0. The molecule has 1 aromatic carbocycles. The number of rotatable bonds is 6. The van der Waals surface area contributed by atoms with Crippen molar-refractivity contribution in [3.05, 3.63) is 44.9 Å². The third kappa shape index (κ3) is 6.54. The first kappa shape index (κ1) is 19.4. The zero-order valence-corrected chi connectivity index (χ0v) is 15.6. The molecule has 0 fully saturated rings. The second kappa shape index (κ2) is 9.46. The highest BCUT2D eigenvalue weighted by Crippen LogP contribution is 2.20. The fourth-order valence-corrected chi connectivity index (χ4v) is 2.94. The van der Waals surface area contributed by atoms with Crippen LogP contribution in [0.5, 0.6) is 0 Å². The number of methoxy groups -OCH3 is 2. The van der Waals surface area contributed by atoms with Gasteiger partial charge in [-0.05, 0) is 24.6 Å². The molecule has 1 rings (SSSR count). The van der Waals surface area contributed by atoms with Crippen LogP contribution in [0.2, 0.25) is 0 Å². The van der Waals surface area contributed by atoms with E-state index in [9.17, 15) is 14.4 Å². The minimum absolute atomic E-state index is 0.0999. The van der Waals surface area contributed by atoms with Crippen LogP contribution < -0.4 is 5.32 Å². The molecular weight excluding hydrogens is 434 g/mol. The maximum Gasteiger partial charge on any atom is 0.330 e. The van der Waals surface area contributed by atoms with Gasteiger partial charge in [-0.1, -0.05) is 37.9 Å². The summed E-state index contributed by atoms with van der Waals surface area (Å²) in [5.74, 6) is -1.59. The van der Waals surface area contributed by atoms with Gasteiger partial charge in [0.15, 0.2) is 0 Å². The lowest BCUT2D eigenvalue weighted by Crippen LogP contribution is -2.41. The number of benzene rings is 1. The van der Waals surface area contributed by atoms with Crippen LogP contribution >= 0.6 is 31.9 Å². The van der Waals surface area contributed by atoms with Gasteiger partial charge in [-0.15, -0.1) is 0 Å². The molecule has 6 nitrogen and oxygen atoms in total. The Morgan fingerprint density at radius 1 is 1.13 bits per heavy atom. The lowest BCUT2D eigenvalue weighted by molar-refractivity contribution is -0.143. The van der Waals surface area contributed by atoms with Gasteiger partial charge in [-0.2, -0.15) is 0 Å². The number of nitrogens with one attached hydrogen (secondary N) is 1. The second-order valence-corrected chi connectivity index (χ2v) is 6.20. The van der Waals surface area contributed by atoms with E-state index in [4.69, 9.17) is 0 Å². The molecule has 0 heterocycles. The molecule has 0 bridgehead atoms. The standard InChI is InChI=1S/C15H15Br2NO5/c1-22-13(19)5-3-4-12(15(21)23-2)18-14(20)9-6-10(16)8-11(17)7-9/h3,5-8,12H,4H2,1-2H3,(H,18,20)/b5-3+/t12-/m0/s1. The van der Waals surface area contributed by atoms with Crippen molar-refractivity contribution in [1.82, 2.24) is 5.32 Å². The molecule has 0 unspecified atom stereocenters. The number of amides is 1. The van der Waals surface area contributed by atoms with Crippen molar-refractivity contribution in [2.45, 2.75) is 12.5 Å². The normalized spacial score (nSPS) is 11.8. The van der Waals surface area contributed by atoms with Gasteiger partial charge in [0, 0.05) is 20.6 Å². The first-order valence-corrected chi connectivity index (χ1v) is 8.05. The minimum Gasteiger partial charge on any atom is -0.467 e. The number of halogens is 2. The van der Waals surface area contributed by atoms with Crippen LogP contribution in [-0.4, -0.2) is 38.1 Å². The largest absolute Gasteiger partial charge is 0.467 e. The summed E-state index contributed by atoms with van der Waals surface area (Å²) in [6, 6.07) is 4.12. The van der Waals surface area contributed by atoms with Crippen molar-refractivity contribution in [3.8, 4) is 0 Å². The maximum atomic E-state index is 12.3. The van der Waals surface area contributed by atoms with Gasteiger partial charge < -0.3 is 14.8 Å². The Morgan fingerprint density at radius 3 is 2.26 bits per heavy atom. The predicted molar refractivity (Wildman–Crippen MR) is 90.9 cm³/mol. The number of hydrogen-bond acceptors (Lipinski definition) is 5. The van der Waals surface area contributed by atoms with Crippen LogP contribution in [0.4, 0.5) is 0 Å². The number of carbonyl (C=O) groups is 3. The summed E-state index contributed by atoms with van der Waals surface area (Å²) in [6.45, 7) is 0. The van der Waals surface area contributed by atoms with Crippen LogP contribution in [0, 0.1) is 0 Å². The maximum absolute atomic E-state index is 12.3. The number of hydrogen-bond donors (Lipinski definition) is 1. The summed E-state index contributed by atoms with van der Waals surface area (Å²) in [6.07, 6.45) is 2.71. The van der Waals surface area contributed by atoms with Gasteiger partial charge in [0.2, 0.25) is 0 Å². The van der Waals surface area contributed by atoms with Crippen molar-refractivity contribution in [1.29, 1.82) is 0 Å². The zero-order valence-electron chi connectivity index (χ0n) is 12.5. The van der Waals surface area contributed by atoms with Crippen LogP contribution in [0.3, 0.4) is 0 Å². The van der Waals surface area contributed by atoms with E-state index in [0.29, 0.717) is 5.56 Å². The fourth-order valence-electron chi connectivity index (χ4n) is 1.65. The molecule has 1 aromatic rings. The van der Waals surface area contributed by atoms with Gasteiger partial charge in [0.25, 0.3) is 5.91 Å². The molecule has 0 saturated carbocycles. The van der Waals surface area contributed by atoms with Gasteiger partial charge >= 0.3 is 11.9 Å². The Morgan fingerprint density at radius 2 is 1.74 bits per heavy atom. The van der Waals surface area contributed by atoms with Gasteiger partial charge in [-0.25, -0.2) is 9.59 Å². The van der Waals surface area contributed by atoms with E-state index in [1.165, 1.54) is 26.4 Å². The molecule has 1 atom stereocenters. The molecule has 0 saturated heterocycles. The van der Waals surface area contributed by atoms with E-state index in [1.807, 2.05) is 0 Å². The lowest BCUT2D eigenvalue weighted by Gasteiger charge is -2.15. The van der Waals surface area contributed by atoms with Crippen LogP contribution in [0.1, 0.15) is 16.8 Å². The summed E-state index contributed by atoms with van der Waals surface area (Å²) in [5, 5.41) is 2.57. The van der Waals surface area contributed by atoms with Gasteiger partial charge in [-0.3, -0.25) is 4.79 Å². The summed E-state index contributed by atoms with van der Waals surface area (Å²) in [7, 11) is 2.47. The molecule has 124 valence electrons. The van der Waals surface area contributed by atoms with Crippen molar-refractivity contribution >= 4 is 49.7 Å². The Hall–Kier alpha value is -1.67. The molecule has 1 N–H and O–H groups in total. The number of carbonyl (C=O) groups excluding carboxylic acids is 3. The van der Waals surface area contributed by atoms with E-state index < -0.39 is 23.9 Å². The van der Waals surface area contributed by atoms with Crippen LogP contribution in [-0.2, 0) is 19.1 Å². The second-order valence-electron chi connectivity index (χ2n) is 4.37. The highest BCUT2D eigenvalue weighted by molar-refractivity contribution is 9.11. The van der Waals surface area contributed by atoms with Crippen molar-refractivity contribution in [2.24, 2.45) is 0 Å². The SMILES string of the molecule is COC(=O)/C=C/C[C@H](NC(=O)c1cc(Br)cc(Br)c1)C(=O)OC. The summed E-state index contributed by atoms with van der Waals surface area (Å²) in [5.41, 5.74) is 0.372. The zero-order chi connectivity index (χ0) is 17.4. The van der Waals surface area contributed by atoms with Crippen molar-refractivity contribution in [2.75, 3.05) is 14.2 Å². The first-order valence-electron chi connectivity index (χ1n) is 6.46. The molecule has 0 aliphatic carbocycles. The van der Waals surface area contributed by atoms with E-state index in [2.05, 4.69) is 46.7 Å². The smallest absolute Gasteiger partial charge is 0.330 e. The Balaban J connectivity index is 2.83. The third-order valence-electron chi connectivity index (χ3n) is 2.74. The van der Waals surface area contributed by atoms with Crippen molar-refractivity contribution in [3.63, 3.8) is 0 Å². The molecule has 0 aliphatic heterocycles.